The van der Waals surface area contributed by atoms with Crippen molar-refractivity contribution in [1.29, 1.82) is 0 Å². The van der Waals surface area contributed by atoms with Gasteiger partial charge in [-0.2, -0.15) is 4.98 Å². The van der Waals surface area contributed by atoms with Crippen molar-refractivity contribution in [3.63, 3.8) is 0 Å². The molecule has 2 N–H and O–H groups in total. The van der Waals surface area contributed by atoms with Crippen molar-refractivity contribution in [2.24, 2.45) is 5.73 Å². The van der Waals surface area contributed by atoms with Crippen molar-refractivity contribution in [3.8, 4) is 0 Å². The number of nitrogens with zero attached hydrogens (tertiary/aromatic N) is 2. The summed E-state index contributed by atoms with van der Waals surface area (Å²) in [7, 11) is 1.69. The van der Waals surface area contributed by atoms with E-state index in [1.54, 1.807) is 7.11 Å². The third-order valence-corrected chi connectivity index (χ3v) is 3.83. The first-order valence-corrected chi connectivity index (χ1v) is 6.45. The fourth-order valence-corrected chi connectivity index (χ4v) is 2.37. The molecular weight excluding hydrogens is 242 g/mol. The highest BCUT2D eigenvalue weighted by atomic mass is 16.5. The monoisotopic (exact) mass is 259 g/mol. The van der Waals surface area contributed by atoms with E-state index in [9.17, 15) is 0 Å². The molecule has 2 aromatic rings. The zero-order valence-corrected chi connectivity index (χ0v) is 10.9. The van der Waals surface area contributed by atoms with Crippen molar-refractivity contribution in [3.05, 3.63) is 47.6 Å². The molecule has 0 amide bonds. The van der Waals surface area contributed by atoms with Crippen molar-refractivity contribution in [1.82, 2.24) is 10.1 Å². The molecule has 1 heterocycles. The second-order valence-electron chi connectivity index (χ2n) is 4.90. The van der Waals surface area contributed by atoms with Crippen LogP contribution in [-0.2, 0) is 10.3 Å². The summed E-state index contributed by atoms with van der Waals surface area (Å²) < 4.78 is 10.8. The van der Waals surface area contributed by atoms with E-state index in [-0.39, 0.29) is 5.60 Å². The van der Waals surface area contributed by atoms with Crippen molar-refractivity contribution in [2.45, 2.75) is 30.9 Å². The van der Waals surface area contributed by atoms with Gasteiger partial charge in [-0.05, 0) is 24.8 Å². The molecule has 100 valence electrons. The number of rotatable bonds is 4. The third kappa shape index (κ3) is 2.05. The molecule has 1 aliphatic carbocycles. The number of aromatic nitrogens is 2. The lowest BCUT2D eigenvalue weighted by molar-refractivity contribution is -0.0858. The molecule has 1 aliphatic rings. The molecule has 5 heteroatoms. The quantitative estimate of drug-likeness (QED) is 0.910. The first-order chi connectivity index (χ1) is 9.25. The van der Waals surface area contributed by atoms with Gasteiger partial charge in [-0.3, -0.25) is 0 Å². The summed E-state index contributed by atoms with van der Waals surface area (Å²) in [5.41, 5.74) is 6.73. The highest BCUT2D eigenvalue weighted by Crippen LogP contribution is 2.42. The number of hydrogen-bond acceptors (Lipinski definition) is 5. The Kier molecular flexibility index (Phi) is 3.08. The van der Waals surface area contributed by atoms with Gasteiger partial charge in [0.25, 0.3) is 0 Å². The molecule has 19 heavy (non-hydrogen) atoms. The summed E-state index contributed by atoms with van der Waals surface area (Å²) in [6.07, 6.45) is 2.99. The van der Waals surface area contributed by atoms with E-state index in [0.29, 0.717) is 11.7 Å². The topological polar surface area (TPSA) is 74.2 Å². The van der Waals surface area contributed by atoms with E-state index in [4.69, 9.17) is 15.0 Å². The number of hydrogen-bond donors (Lipinski definition) is 1. The normalized spacial score (nSPS) is 18.8. The van der Waals surface area contributed by atoms with Crippen LogP contribution in [0.25, 0.3) is 0 Å². The van der Waals surface area contributed by atoms with Crippen molar-refractivity contribution in [2.75, 3.05) is 7.11 Å². The van der Waals surface area contributed by atoms with E-state index in [0.717, 1.165) is 24.8 Å². The van der Waals surface area contributed by atoms with Crippen LogP contribution in [0.4, 0.5) is 0 Å². The summed E-state index contributed by atoms with van der Waals surface area (Å²) in [5.74, 6) is 1.05. The predicted molar refractivity (Wildman–Crippen MR) is 69.3 cm³/mol. The van der Waals surface area contributed by atoms with E-state index in [1.165, 1.54) is 0 Å². The first kappa shape index (κ1) is 12.3. The van der Waals surface area contributed by atoms with E-state index in [1.807, 2.05) is 30.3 Å². The summed E-state index contributed by atoms with van der Waals surface area (Å²) in [6, 6.07) is 9.33. The Hall–Kier alpha value is -1.72. The van der Waals surface area contributed by atoms with Crippen LogP contribution < -0.4 is 5.73 Å². The van der Waals surface area contributed by atoms with Gasteiger partial charge in [-0.25, -0.2) is 0 Å². The van der Waals surface area contributed by atoms with Crippen molar-refractivity contribution >= 4 is 0 Å². The second kappa shape index (κ2) is 4.75. The van der Waals surface area contributed by atoms with Gasteiger partial charge in [0.1, 0.15) is 11.6 Å². The molecule has 1 fully saturated rings. The third-order valence-electron chi connectivity index (χ3n) is 3.83. The van der Waals surface area contributed by atoms with E-state index >= 15 is 0 Å². The zero-order valence-electron chi connectivity index (χ0n) is 10.9. The van der Waals surface area contributed by atoms with Gasteiger partial charge in [0.05, 0.1) is 0 Å². The molecule has 0 saturated heterocycles. The highest BCUT2D eigenvalue weighted by molar-refractivity contribution is 5.23. The molecule has 0 bridgehead atoms. The average Bonchev–Trinajstić information content (AvgIpc) is 2.88. The van der Waals surface area contributed by atoms with Crippen LogP contribution in [0.1, 0.15) is 42.6 Å². The number of nitrogens with two attached hydrogens (primary N) is 1. The van der Waals surface area contributed by atoms with Gasteiger partial charge in [0.2, 0.25) is 11.7 Å². The minimum atomic E-state index is -0.392. The standard InChI is InChI=1S/C14H17N3O2/c1-18-14(8-5-9-14)13-16-12(19-17-13)11(15)10-6-3-2-4-7-10/h2-4,6-7,11H,5,8-9,15H2,1H3/t11-/m1/s1. The number of methoxy groups -OCH3 is 1. The SMILES string of the molecule is COC1(c2noc([C@H](N)c3ccccc3)n2)CCC1. The number of benzene rings is 1. The van der Waals surface area contributed by atoms with Gasteiger partial charge < -0.3 is 15.0 Å². The van der Waals surface area contributed by atoms with E-state index in [2.05, 4.69) is 10.1 Å². The lowest BCUT2D eigenvalue weighted by Gasteiger charge is -2.37. The molecule has 1 atom stereocenters. The van der Waals surface area contributed by atoms with Crippen LogP contribution in [0.15, 0.2) is 34.9 Å². The van der Waals surface area contributed by atoms with Crippen LogP contribution in [0.5, 0.6) is 0 Å². The Morgan fingerprint density at radius 1 is 1.32 bits per heavy atom. The summed E-state index contributed by atoms with van der Waals surface area (Å²) in [5, 5.41) is 4.04. The van der Waals surface area contributed by atoms with E-state index < -0.39 is 6.04 Å². The lowest BCUT2D eigenvalue weighted by Crippen LogP contribution is -2.37. The molecule has 1 aromatic heterocycles. The van der Waals surface area contributed by atoms with Crippen LogP contribution >= 0.6 is 0 Å². The maximum absolute atomic E-state index is 6.14. The molecular formula is C14H17N3O2. The molecule has 0 spiro atoms. The second-order valence-corrected chi connectivity index (χ2v) is 4.90. The largest absolute Gasteiger partial charge is 0.370 e. The Morgan fingerprint density at radius 2 is 2.05 bits per heavy atom. The summed E-state index contributed by atoms with van der Waals surface area (Å²) in [4.78, 5) is 4.42. The maximum atomic E-state index is 6.14. The lowest BCUT2D eigenvalue weighted by atomic mass is 9.79. The molecule has 1 aromatic carbocycles. The van der Waals surface area contributed by atoms with Gasteiger partial charge >= 0.3 is 0 Å². The number of ether oxygens (including phenoxy) is 1. The van der Waals surface area contributed by atoms with Gasteiger partial charge in [-0.1, -0.05) is 35.5 Å². The van der Waals surface area contributed by atoms with Crippen LogP contribution in [0, 0.1) is 0 Å². The fraction of sp³-hybridized carbons (Fsp3) is 0.429. The van der Waals surface area contributed by atoms with Gasteiger partial charge in [0.15, 0.2) is 0 Å². The summed E-state index contributed by atoms with van der Waals surface area (Å²) >= 11 is 0. The average molecular weight is 259 g/mol. The Bertz CT molecular complexity index is 543. The van der Waals surface area contributed by atoms with Crippen LogP contribution in [0.3, 0.4) is 0 Å². The van der Waals surface area contributed by atoms with Crippen LogP contribution in [0.2, 0.25) is 0 Å². The Balaban J connectivity index is 1.85. The Labute approximate surface area is 111 Å². The molecule has 0 unspecified atom stereocenters. The molecule has 3 rings (SSSR count). The van der Waals surface area contributed by atoms with Crippen molar-refractivity contribution < 1.29 is 9.26 Å². The predicted octanol–water partition coefficient (Wildman–Crippen LogP) is 2.14. The fourth-order valence-electron chi connectivity index (χ4n) is 2.37. The minimum Gasteiger partial charge on any atom is -0.370 e. The zero-order chi connectivity index (χ0) is 13.3. The summed E-state index contributed by atoms with van der Waals surface area (Å²) in [6.45, 7) is 0. The molecule has 0 aliphatic heterocycles. The van der Waals surface area contributed by atoms with Gasteiger partial charge in [-0.15, -0.1) is 0 Å². The van der Waals surface area contributed by atoms with Gasteiger partial charge in [0, 0.05) is 7.11 Å². The first-order valence-electron chi connectivity index (χ1n) is 6.45. The maximum Gasteiger partial charge on any atom is 0.248 e. The minimum absolute atomic E-state index is 0.363. The smallest absolute Gasteiger partial charge is 0.248 e. The molecule has 5 nitrogen and oxygen atoms in total. The molecule has 0 radical (unpaired) electrons. The van der Waals surface area contributed by atoms with Crippen LogP contribution in [-0.4, -0.2) is 17.3 Å². The highest BCUT2D eigenvalue weighted by Gasteiger charge is 2.43. The molecule has 1 saturated carbocycles. The Morgan fingerprint density at radius 3 is 2.63 bits per heavy atom.